The Kier molecular flexibility index (Phi) is 4.91. The molecule has 0 aromatic carbocycles. The van der Waals surface area contributed by atoms with Crippen LogP contribution in [-0.2, 0) is 4.74 Å². The molecule has 0 radical (unpaired) electrons. The Bertz CT molecular complexity index is 189. The first-order valence-electron chi connectivity index (χ1n) is 5.13. The Labute approximate surface area is 88.5 Å². The first-order valence-corrected chi connectivity index (χ1v) is 5.13. The fourth-order valence-electron chi connectivity index (χ4n) is 1.63. The molecule has 6 heteroatoms. The van der Waals surface area contributed by atoms with Crippen LogP contribution in [0.1, 0.15) is 6.92 Å². The highest BCUT2D eigenvalue weighted by atomic mass is 16.5. The van der Waals surface area contributed by atoms with Crippen LogP contribution in [0.5, 0.6) is 0 Å². The largest absolute Gasteiger partial charge is 0.394 e. The topological polar surface area (TPSA) is 102 Å². The number of aliphatic hydroxyl groups is 4. The molecule has 1 aliphatic heterocycles. The fourth-order valence-corrected chi connectivity index (χ4v) is 1.63. The Morgan fingerprint density at radius 3 is 2.20 bits per heavy atom. The monoisotopic (exact) mass is 221 g/mol. The Morgan fingerprint density at radius 2 is 1.67 bits per heavy atom. The van der Waals surface area contributed by atoms with Crippen LogP contribution in [0, 0.1) is 0 Å². The van der Waals surface area contributed by atoms with Crippen LogP contribution >= 0.6 is 0 Å². The zero-order valence-corrected chi connectivity index (χ0v) is 8.71. The van der Waals surface area contributed by atoms with Gasteiger partial charge in [0.2, 0.25) is 0 Å². The number of aliphatic hydroxyl groups excluding tert-OH is 4. The second kappa shape index (κ2) is 5.74. The van der Waals surface area contributed by atoms with Gasteiger partial charge in [0.15, 0.2) is 0 Å². The second-order valence-corrected chi connectivity index (χ2v) is 3.68. The van der Waals surface area contributed by atoms with Crippen LogP contribution in [0.15, 0.2) is 0 Å². The molecule has 0 amide bonds. The molecule has 0 aromatic rings. The zero-order chi connectivity index (χ0) is 11.4. The normalized spacial score (nSPS) is 41.8. The summed E-state index contributed by atoms with van der Waals surface area (Å²) in [6.07, 6.45) is -5.11. The van der Waals surface area contributed by atoms with Gasteiger partial charge in [0, 0.05) is 6.54 Å². The maximum Gasteiger partial charge on any atom is 0.111 e. The average Bonchev–Trinajstić information content (AvgIpc) is 2.25. The summed E-state index contributed by atoms with van der Waals surface area (Å²) in [5.74, 6) is 0. The minimum absolute atomic E-state index is 0.373. The third-order valence-corrected chi connectivity index (χ3v) is 2.59. The fraction of sp³-hybridized carbons (Fsp3) is 1.00. The quantitative estimate of drug-likeness (QED) is 0.358. The molecular weight excluding hydrogens is 202 g/mol. The van der Waals surface area contributed by atoms with Crippen molar-refractivity contribution < 1.29 is 25.2 Å². The molecule has 5 N–H and O–H groups in total. The van der Waals surface area contributed by atoms with Crippen molar-refractivity contribution in [2.45, 2.75) is 37.4 Å². The molecule has 90 valence electrons. The van der Waals surface area contributed by atoms with E-state index in [-0.39, 0.29) is 6.61 Å². The standard InChI is InChI=1S/C9H19NO5/c1-2-10-3-5-7(12)9(14)8(13)6(4-11)15-5/h5-14H,2-4H2,1H3. The predicted octanol–water partition coefficient (Wildman–Crippen LogP) is -2.56. The van der Waals surface area contributed by atoms with E-state index >= 15 is 0 Å². The van der Waals surface area contributed by atoms with Gasteiger partial charge in [0.05, 0.1) is 12.7 Å². The van der Waals surface area contributed by atoms with Crippen LogP contribution in [0.4, 0.5) is 0 Å². The smallest absolute Gasteiger partial charge is 0.111 e. The number of likely N-dealkylation sites (N-methyl/N-ethyl adjacent to an activating group) is 1. The van der Waals surface area contributed by atoms with E-state index in [1.54, 1.807) is 0 Å². The van der Waals surface area contributed by atoms with E-state index < -0.39 is 30.5 Å². The van der Waals surface area contributed by atoms with Crippen molar-refractivity contribution >= 4 is 0 Å². The molecule has 0 saturated carbocycles. The van der Waals surface area contributed by atoms with Gasteiger partial charge in [-0.15, -0.1) is 0 Å². The molecule has 1 heterocycles. The lowest BCUT2D eigenvalue weighted by molar-refractivity contribution is -0.227. The summed E-state index contributed by atoms with van der Waals surface area (Å²) < 4.78 is 5.26. The Balaban J connectivity index is 2.57. The second-order valence-electron chi connectivity index (χ2n) is 3.68. The number of hydrogen-bond donors (Lipinski definition) is 5. The molecule has 1 rings (SSSR count). The van der Waals surface area contributed by atoms with E-state index in [4.69, 9.17) is 9.84 Å². The molecular formula is C9H19NO5. The predicted molar refractivity (Wildman–Crippen MR) is 52.3 cm³/mol. The Hall–Kier alpha value is -0.240. The minimum atomic E-state index is -1.28. The van der Waals surface area contributed by atoms with Gasteiger partial charge >= 0.3 is 0 Å². The van der Waals surface area contributed by atoms with E-state index in [0.29, 0.717) is 6.54 Å². The molecule has 1 saturated heterocycles. The molecule has 0 aromatic heterocycles. The summed E-state index contributed by atoms with van der Waals surface area (Å²) in [5, 5.41) is 40.4. The van der Waals surface area contributed by atoms with Crippen LogP contribution in [0.3, 0.4) is 0 Å². The van der Waals surface area contributed by atoms with Gasteiger partial charge in [-0.1, -0.05) is 6.92 Å². The SMILES string of the molecule is CCNCC1OC(CO)C(O)C(O)C1O. The van der Waals surface area contributed by atoms with Crippen LogP contribution in [0.2, 0.25) is 0 Å². The zero-order valence-electron chi connectivity index (χ0n) is 8.71. The van der Waals surface area contributed by atoms with E-state index in [0.717, 1.165) is 6.54 Å². The van der Waals surface area contributed by atoms with E-state index in [2.05, 4.69) is 5.32 Å². The van der Waals surface area contributed by atoms with Crippen molar-refractivity contribution in [3.8, 4) is 0 Å². The van der Waals surface area contributed by atoms with Gasteiger partial charge in [-0.2, -0.15) is 0 Å². The summed E-state index contributed by atoms with van der Waals surface area (Å²) in [5.41, 5.74) is 0. The van der Waals surface area contributed by atoms with Crippen LogP contribution < -0.4 is 5.32 Å². The van der Waals surface area contributed by atoms with Gasteiger partial charge in [0.25, 0.3) is 0 Å². The number of nitrogens with one attached hydrogen (secondary N) is 1. The highest BCUT2D eigenvalue weighted by molar-refractivity contribution is 4.92. The van der Waals surface area contributed by atoms with Gasteiger partial charge in [-0.3, -0.25) is 0 Å². The van der Waals surface area contributed by atoms with Crippen molar-refractivity contribution in [2.75, 3.05) is 19.7 Å². The van der Waals surface area contributed by atoms with Gasteiger partial charge in [-0.25, -0.2) is 0 Å². The number of ether oxygens (including phenoxy) is 1. The van der Waals surface area contributed by atoms with E-state index in [1.165, 1.54) is 0 Å². The number of hydrogen-bond acceptors (Lipinski definition) is 6. The molecule has 15 heavy (non-hydrogen) atoms. The van der Waals surface area contributed by atoms with E-state index in [1.807, 2.05) is 6.92 Å². The van der Waals surface area contributed by atoms with Crippen molar-refractivity contribution in [3.63, 3.8) is 0 Å². The van der Waals surface area contributed by atoms with Gasteiger partial charge in [0.1, 0.15) is 24.4 Å². The molecule has 1 fully saturated rings. The summed E-state index contributed by atoms with van der Waals surface area (Å²) in [6, 6.07) is 0. The van der Waals surface area contributed by atoms with Gasteiger partial charge in [-0.05, 0) is 6.54 Å². The van der Waals surface area contributed by atoms with E-state index in [9.17, 15) is 15.3 Å². The summed E-state index contributed by atoms with van der Waals surface area (Å²) in [6.45, 7) is 2.62. The highest BCUT2D eigenvalue weighted by Crippen LogP contribution is 2.20. The molecule has 5 atom stereocenters. The first-order chi connectivity index (χ1) is 7.11. The van der Waals surface area contributed by atoms with Crippen molar-refractivity contribution in [3.05, 3.63) is 0 Å². The lowest BCUT2D eigenvalue weighted by atomic mass is 9.95. The summed E-state index contributed by atoms with van der Waals surface area (Å²) in [4.78, 5) is 0. The van der Waals surface area contributed by atoms with Crippen LogP contribution in [0.25, 0.3) is 0 Å². The highest BCUT2D eigenvalue weighted by Gasteiger charge is 2.42. The molecule has 5 unspecified atom stereocenters. The average molecular weight is 221 g/mol. The number of rotatable bonds is 4. The molecule has 0 aliphatic carbocycles. The third kappa shape index (κ3) is 2.87. The minimum Gasteiger partial charge on any atom is -0.394 e. The summed E-state index contributed by atoms with van der Waals surface area (Å²) >= 11 is 0. The maximum absolute atomic E-state index is 9.59. The molecule has 0 spiro atoms. The molecule has 6 nitrogen and oxygen atoms in total. The third-order valence-electron chi connectivity index (χ3n) is 2.59. The summed E-state index contributed by atoms with van der Waals surface area (Å²) in [7, 11) is 0. The van der Waals surface area contributed by atoms with Crippen molar-refractivity contribution in [1.29, 1.82) is 0 Å². The van der Waals surface area contributed by atoms with Crippen LogP contribution in [-0.4, -0.2) is 70.6 Å². The first kappa shape index (κ1) is 12.8. The van der Waals surface area contributed by atoms with Gasteiger partial charge < -0.3 is 30.5 Å². The Morgan fingerprint density at radius 1 is 1.07 bits per heavy atom. The van der Waals surface area contributed by atoms with Crippen molar-refractivity contribution in [2.24, 2.45) is 0 Å². The molecule has 1 aliphatic rings. The van der Waals surface area contributed by atoms with Crippen molar-refractivity contribution in [1.82, 2.24) is 5.32 Å². The molecule has 0 bridgehead atoms. The maximum atomic E-state index is 9.59. The lowest BCUT2D eigenvalue weighted by Crippen LogP contribution is -2.60. The lowest BCUT2D eigenvalue weighted by Gasteiger charge is -2.40.